The fourth-order valence-electron chi connectivity index (χ4n) is 1.98. The maximum atomic E-state index is 12.1. The number of phenolic OH excluding ortho intramolecular Hbond substituents is 3. The molecule has 0 unspecified atom stereocenters. The normalized spacial score (nSPS) is 10.7. The van der Waals surface area contributed by atoms with Gasteiger partial charge in [0.25, 0.3) is 0 Å². The summed E-state index contributed by atoms with van der Waals surface area (Å²) in [5, 5.41) is 29.2. The quantitative estimate of drug-likeness (QED) is 0.446. The Morgan fingerprint density at radius 2 is 1.57 bits per heavy atom. The number of allylic oxidation sites excluding steroid dienone is 1. The predicted molar refractivity (Wildman–Crippen MR) is 84.3 cm³/mol. The second-order valence-electron chi connectivity index (χ2n) is 4.67. The Labute approximate surface area is 132 Å². The Hall–Kier alpha value is -3.15. The smallest absolute Gasteiger partial charge is 0.185 e. The summed E-state index contributed by atoms with van der Waals surface area (Å²) in [7, 11) is 2.78. The van der Waals surface area contributed by atoms with Crippen molar-refractivity contribution in [1.29, 1.82) is 0 Å². The summed E-state index contributed by atoms with van der Waals surface area (Å²) < 4.78 is 9.78. The van der Waals surface area contributed by atoms with Gasteiger partial charge in [0.05, 0.1) is 14.2 Å². The molecule has 0 aliphatic heterocycles. The van der Waals surface area contributed by atoms with E-state index in [4.69, 9.17) is 9.47 Å². The van der Waals surface area contributed by atoms with E-state index in [1.54, 1.807) is 0 Å². The van der Waals surface area contributed by atoms with Crippen molar-refractivity contribution in [1.82, 2.24) is 0 Å². The molecule has 0 aliphatic rings. The van der Waals surface area contributed by atoms with Gasteiger partial charge < -0.3 is 24.8 Å². The Kier molecular flexibility index (Phi) is 4.75. The number of aromatic hydroxyl groups is 3. The molecule has 6 nitrogen and oxygen atoms in total. The van der Waals surface area contributed by atoms with Crippen LogP contribution in [0.3, 0.4) is 0 Å². The molecule has 2 aromatic rings. The molecule has 0 amide bonds. The van der Waals surface area contributed by atoms with E-state index in [1.807, 2.05) is 0 Å². The Morgan fingerprint density at radius 1 is 0.913 bits per heavy atom. The summed E-state index contributed by atoms with van der Waals surface area (Å²) in [6, 6.07) is 6.81. The molecule has 2 aromatic carbocycles. The van der Waals surface area contributed by atoms with Crippen LogP contribution in [-0.2, 0) is 0 Å². The van der Waals surface area contributed by atoms with Gasteiger partial charge in [-0.2, -0.15) is 0 Å². The van der Waals surface area contributed by atoms with Crippen LogP contribution in [0.2, 0.25) is 0 Å². The van der Waals surface area contributed by atoms with Gasteiger partial charge in [0, 0.05) is 17.2 Å². The molecule has 0 saturated heterocycles. The molecule has 23 heavy (non-hydrogen) atoms. The lowest BCUT2D eigenvalue weighted by molar-refractivity contribution is 0.104. The zero-order chi connectivity index (χ0) is 17.0. The van der Waals surface area contributed by atoms with Crippen molar-refractivity contribution in [2.75, 3.05) is 14.2 Å². The highest BCUT2D eigenvalue weighted by Crippen LogP contribution is 2.34. The van der Waals surface area contributed by atoms with Crippen molar-refractivity contribution in [3.05, 3.63) is 47.5 Å². The molecule has 0 saturated carbocycles. The second-order valence-corrected chi connectivity index (χ2v) is 4.67. The first-order valence-corrected chi connectivity index (χ1v) is 6.65. The van der Waals surface area contributed by atoms with Gasteiger partial charge in [-0.25, -0.2) is 0 Å². The number of carbonyl (C=O) groups excluding carboxylic acids is 1. The highest BCUT2D eigenvalue weighted by atomic mass is 16.5. The summed E-state index contributed by atoms with van der Waals surface area (Å²) in [4.78, 5) is 12.1. The number of ketones is 1. The van der Waals surface area contributed by atoms with Gasteiger partial charge in [0.15, 0.2) is 28.8 Å². The van der Waals surface area contributed by atoms with E-state index in [2.05, 4.69) is 0 Å². The van der Waals surface area contributed by atoms with E-state index in [9.17, 15) is 20.1 Å². The summed E-state index contributed by atoms with van der Waals surface area (Å²) >= 11 is 0. The van der Waals surface area contributed by atoms with Gasteiger partial charge in [-0.3, -0.25) is 4.79 Å². The molecule has 0 heterocycles. The topological polar surface area (TPSA) is 96.2 Å². The molecule has 0 atom stereocenters. The van der Waals surface area contributed by atoms with Crippen LogP contribution in [0.15, 0.2) is 36.4 Å². The third-order valence-corrected chi connectivity index (χ3v) is 3.21. The van der Waals surface area contributed by atoms with Crippen molar-refractivity contribution in [2.45, 2.75) is 0 Å². The first-order valence-electron chi connectivity index (χ1n) is 6.65. The fourth-order valence-corrected chi connectivity index (χ4v) is 1.98. The van der Waals surface area contributed by atoms with Crippen LogP contribution in [0.5, 0.6) is 28.7 Å². The summed E-state index contributed by atoms with van der Waals surface area (Å²) in [5.74, 6) is -0.413. The van der Waals surface area contributed by atoms with Gasteiger partial charge in [-0.15, -0.1) is 0 Å². The molecule has 0 aromatic heterocycles. The zero-order valence-corrected chi connectivity index (χ0v) is 12.6. The minimum atomic E-state index is -0.377. The van der Waals surface area contributed by atoms with E-state index in [-0.39, 0.29) is 45.7 Å². The van der Waals surface area contributed by atoms with Gasteiger partial charge >= 0.3 is 0 Å². The molecule has 0 aliphatic carbocycles. The Bertz CT molecular complexity index is 764. The molecule has 2 rings (SSSR count). The Balaban J connectivity index is 2.25. The van der Waals surface area contributed by atoms with E-state index >= 15 is 0 Å². The summed E-state index contributed by atoms with van der Waals surface area (Å²) in [6.07, 6.45) is 2.58. The van der Waals surface area contributed by atoms with Crippen molar-refractivity contribution >= 4 is 11.9 Å². The fraction of sp³-hybridized carbons (Fsp3) is 0.118. The Morgan fingerprint density at radius 3 is 2.17 bits per heavy atom. The molecular weight excluding hydrogens is 300 g/mol. The van der Waals surface area contributed by atoms with E-state index < -0.39 is 0 Å². The van der Waals surface area contributed by atoms with Crippen LogP contribution in [0.4, 0.5) is 0 Å². The van der Waals surface area contributed by atoms with Crippen LogP contribution < -0.4 is 9.47 Å². The minimum Gasteiger partial charge on any atom is -0.507 e. The summed E-state index contributed by atoms with van der Waals surface area (Å²) in [5.41, 5.74) is 0.520. The SMILES string of the molecule is COc1ccc(C(=O)/C=C/c2cc(O)c(OC)cc2O)cc1O. The molecular formula is C17H16O6. The van der Waals surface area contributed by atoms with E-state index in [0.717, 1.165) is 0 Å². The number of ether oxygens (including phenoxy) is 2. The lowest BCUT2D eigenvalue weighted by atomic mass is 10.1. The van der Waals surface area contributed by atoms with Crippen molar-refractivity contribution in [3.8, 4) is 28.7 Å². The molecule has 0 spiro atoms. The van der Waals surface area contributed by atoms with E-state index in [1.165, 1.54) is 56.7 Å². The van der Waals surface area contributed by atoms with Crippen LogP contribution in [0, 0.1) is 0 Å². The van der Waals surface area contributed by atoms with Crippen molar-refractivity contribution in [3.63, 3.8) is 0 Å². The van der Waals surface area contributed by atoms with Crippen LogP contribution in [0.25, 0.3) is 6.08 Å². The first-order chi connectivity index (χ1) is 11.0. The van der Waals surface area contributed by atoms with Crippen molar-refractivity contribution < 1.29 is 29.6 Å². The van der Waals surface area contributed by atoms with Gasteiger partial charge in [-0.05, 0) is 36.4 Å². The second kappa shape index (κ2) is 6.74. The average Bonchev–Trinajstić information content (AvgIpc) is 2.54. The van der Waals surface area contributed by atoms with Crippen LogP contribution >= 0.6 is 0 Å². The third-order valence-electron chi connectivity index (χ3n) is 3.21. The maximum absolute atomic E-state index is 12.1. The standard InChI is InChI=1S/C17H16O6/c1-22-16-6-4-10(7-14(16)20)12(18)5-3-11-8-15(21)17(23-2)9-13(11)19/h3-9,19-21H,1-2H3/b5-3+. The monoisotopic (exact) mass is 316 g/mol. The lowest BCUT2D eigenvalue weighted by Crippen LogP contribution is -1.95. The summed E-state index contributed by atoms with van der Waals surface area (Å²) in [6.45, 7) is 0. The molecule has 0 bridgehead atoms. The average molecular weight is 316 g/mol. The molecule has 3 N–H and O–H groups in total. The minimum absolute atomic E-state index is 0.131. The third kappa shape index (κ3) is 3.55. The zero-order valence-electron chi connectivity index (χ0n) is 12.6. The number of methoxy groups -OCH3 is 2. The number of benzene rings is 2. The number of carbonyl (C=O) groups is 1. The van der Waals surface area contributed by atoms with Gasteiger partial charge in [-0.1, -0.05) is 0 Å². The van der Waals surface area contributed by atoms with Crippen LogP contribution in [-0.4, -0.2) is 35.3 Å². The van der Waals surface area contributed by atoms with Crippen LogP contribution in [0.1, 0.15) is 15.9 Å². The largest absolute Gasteiger partial charge is 0.507 e. The number of hydrogen-bond acceptors (Lipinski definition) is 6. The molecule has 0 radical (unpaired) electrons. The molecule has 6 heteroatoms. The highest BCUT2D eigenvalue weighted by Gasteiger charge is 2.09. The van der Waals surface area contributed by atoms with Gasteiger partial charge in [0.2, 0.25) is 0 Å². The first kappa shape index (κ1) is 16.2. The van der Waals surface area contributed by atoms with Gasteiger partial charge in [0.1, 0.15) is 5.75 Å². The molecule has 0 fully saturated rings. The number of hydrogen-bond donors (Lipinski definition) is 3. The van der Waals surface area contributed by atoms with Crippen molar-refractivity contribution in [2.24, 2.45) is 0 Å². The maximum Gasteiger partial charge on any atom is 0.185 e. The predicted octanol–water partition coefficient (Wildman–Crippen LogP) is 2.72. The number of phenols is 3. The van der Waals surface area contributed by atoms with E-state index in [0.29, 0.717) is 0 Å². The highest BCUT2D eigenvalue weighted by molar-refractivity contribution is 6.07. The number of rotatable bonds is 5. The lowest BCUT2D eigenvalue weighted by Gasteiger charge is -2.06. The molecule has 120 valence electrons.